The van der Waals surface area contributed by atoms with Crippen molar-refractivity contribution >= 4 is 11.6 Å². The average molecular weight is 216 g/mol. The summed E-state index contributed by atoms with van der Waals surface area (Å²) in [5, 5.41) is 0.294. The fourth-order valence-corrected chi connectivity index (χ4v) is 1.97. The summed E-state index contributed by atoms with van der Waals surface area (Å²) >= 11 is 5.86. The van der Waals surface area contributed by atoms with E-state index in [0.717, 1.165) is 0 Å². The van der Waals surface area contributed by atoms with Crippen LogP contribution >= 0.6 is 11.6 Å². The van der Waals surface area contributed by atoms with Gasteiger partial charge in [0.25, 0.3) is 0 Å². The quantitative estimate of drug-likeness (QED) is 0.722. The van der Waals surface area contributed by atoms with Crippen LogP contribution in [0.25, 0.3) is 0 Å². The summed E-state index contributed by atoms with van der Waals surface area (Å²) < 4.78 is 18.5. The zero-order valence-corrected chi connectivity index (χ0v) is 8.51. The maximum atomic E-state index is 13.0. The molecule has 14 heavy (non-hydrogen) atoms. The lowest BCUT2D eigenvalue weighted by Gasteiger charge is -2.28. The van der Waals surface area contributed by atoms with E-state index >= 15 is 0 Å². The second kappa shape index (κ2) is 3.41. The third kappa shape index (κ3) is 1.57. The second-order valence-electron chi connectivity index (χ2n) is 3.58. The maximum absolute atomic E-state index is 13.0. The van der Waals surface area contributed by atoms with Gasteiger partial charge in [0.05, 0.1) is 11.1 Å². The Kier molecular flexibility index (Phi) is 2.37. The third-order valence-electron chi connectivity index (χ3n) is 2.34. The molecule has 0 bridgehead atoms. The largest absolute Gasteiger partial charge is 0.489 e. The summed E-state index contributed by atoms with van der Waals surface area (Å²) in [6.45, 7) is 1.92. The first-order valence-corrected chi connectivity index (χ1v) is 4.87. The first kappa shape index (κ1) is 9.74. The van der Waals surface area contributed by atoms with Crippen molar-refractivity contribution in [1.29, 1.82) is 0 Å². The molecule has 2 atom stereocenters. The Morgan fingerprint density at radius 3 is 3.00 bits per heavy atom. The normalized spacial score (nSPS) is 25.4. The molecule has 0 amide bonds. The van der Waals surface area contributed by atoms with Gasteiger partial charge >= 0.3 is 0 Å². The summed E-state index contributed by atoms with van der Waals surface area (Å²) in [6.07, 6.45) is 0.715. The first-order valence-electron chi connectivity index (χ1n) is 4.49. The zero-order chi connectivity index (χ0) is 10.3. The minimum absolute atomic E-state index is 0.0282. The van der Waals surface area contributed by atoms with E-state index in [0.29, 0.717) is 22.8 Å². The molecule has 1 heterocycles. The molecule has 0 aliphatic carbocycles. The highest BCUT2D eigenvalue weighted by molar-refractivity contribution is 6.32. The number of fused-ring (bicyclic) bond motifs is 1. The second-order valence-corrected chi connectivity index (χ2v) is 3.98. The van der Waals surface area contributed by atoms with Crippen molar-refractivity contribution in [3.05, 3.63) is 28.5 Å². The van der Waals surface area contributed by atoms with Crippen LogP contribution in [0, 0.1) is 5.82 Å². The molecule has 0 saturated heterocycles. The number of ether oxygens (including phenoxy) is 1. The van der Waals surface area contributed by atoms with Crippen molar-refractivity contribution < 1.29 is 9.13 Å². The van der Waals surface area contributed by atoms with E-state index in [1.165, 1.54) is 12.1 Å². The lowest BCUT2D eigenvalue weighted by Crippen LogP contribution is -2.27. The van der Waals surface area contributed by atoms with Crippen LogP contribution in [0.1, 0.15) is 24.9 Å². The average Bonchev–Trinajstić information content (AvgIpc) is 2.07. The lowest BCUT2D eigenvalue weighted by atomic mass is 9.98. The van der Waals surface area contributed by atoms with Crippen LogP contribution in [0.3, 0.4) is 0 Å². The molecular weight excluding hydrogens is 205 g/mol. The molecule has 2 N–H and O–H groups in total. The number of hydrogen-bond donors (Lipinski definition) is 1. The van der Waals surface area contributed by atoms with Crippen LogP contribution in [0.2, 0.25) is 5.02 Å². The van der Waals surface area contributed by atoms with Crippen LogP contribution in [0.4, 0.5) is 4.39 Å². The molecule has 1 aromatic carbocycles. The Morgan fingerprint density at radius 1 is 1.57 bits per heavy atom. The van der Waals surface area contributed by atoms with Crippen LogP contribution in [0.5, 0.6) is 5.75 Å². The number of rotatable bonds is 0. The van der Waals surface area contributed by atoms with E-state index in [-0.39, 0.29) is 18.0 Å². The molecule has 0 saturated carbocycles. The Morgan fingerprint density at radius 2 is 2.29 bits per heavy atom. The predicted octanol–water partition coefficient (Wildman–Crippen LogP) is 2.65. The van der Waals surface area contributed by atoms with E-state index in [1.807, 2.05) is 6.92 Å². The van der Waals surface area contributed by atoms with Gasteiger partial charge in [0.1, 0.15) is 11.6 Å². The van der Waals surface area contributed by atoms with Crippen molar-refractivity contribution in [2.24, 2.45) is 5.73 Å². The minimum Gasteiger partial charge on any atom is -0.489 e. The molecule has 2 unspecified atom stereocenters. The molecule has 2 nitrogen and oxygen atoms in total. The summed E-state index contributed by atoms with van der Waals surface area (Å²) in [5.74, 6) is 0.154. The van der Waals surface area contributed by atoms with Crippen LogP contribution in [0.15, 0.2) is 12.1 Å². The number of hydrogen-bond acceptors (Lipinski definition) is 2. The summed E-state index contributed by atoms with van der Waals surface area (Å²) in [5.41, 5.74) is 6.53. The number of benzene rings is 1. The molecule has 0 fully saturated rings. The van der Waals surface area contributed by atoms with Crippen LogP contribution in [-0.4, -0.2) is 6.10 Å². The molecule has 1 aliphatic heterocycles. The third-order valence-corrected chi connectivity index (χ3v) is 2.62. The van der Waals surface area contributed by atoms with Crippen molar-refractivity contribution in [1.82, 2.24) is 0 Å². The van der Waals surface area contributed by atoms with Gasteiger partial charge in [0.15, 0.2) is 0 Å². The monoisotopic (exact) mass is 215 g/mol. The fourth-order valence-electron chi connectivity index (χ4n) is 1.71. The van der Waals surface area contributed by atoms with Gasteiger partial charge in [0.2, 0.25) is 0 Å². The minimum atomic E-state index is -0.373. The topological polar surface area (TPSA) is 35.2 Å². The summed E-state index contributed by atoms with van der Waals surface area (Å²) in [6, 6.07) is 2.44. The molecule has 76 valence electrons. The standard InChI is InChI=1S/C10H11ClFNO/c1-5-2-9(13)7-3-6(12)4-8(11)10(7)14-5/h3-5,9H,2,13H2,1H3. The molecular formula is C10H11ClFNO. The summed E-state index contributed by atoms with van der Waals surface area (Å²) in [4.78, 5) is 0. The molecule has 0 radical (unpaired) electrons. The molecule has 4 heteroatoms. The van der Waals surface area contributed by atoms with Crippen molar-refractivity contribution in [2.45, 2.75) is 25.5 Å². The van der Waals surface area contributed by atoms with E-state index < -0.39 is 0 Å². The van der Waals surface area contributed by atoms with Gasteiger partial charge in [-0.05, 0) is 19.1 Å². The molecule has 0 aromatic heterocycles. The van der Waals surface area contributed by atoms with E-state index in [4.69, 9.17) is 22.1 Å². The van der Waals surface area contributed by atoms with Gasteiger partial charge in [0, 0.05) is 18.0 Å². The Hall–Kier alpha value is -0.800. The SMILES string of the molecule is CC1CC(N)c2cc(F)cc(Cl)c2O1. The van der Waals surface area contributed by atoms with Gasteiger partial charge < -0.3 is 10.5 Å². The van der Waals surface area contributed by atoms with Gasteiger partial charge in [-0.25, -0.2) is 4.39 Å². The highest BCUT2D eigenvalue weighted by Gasteiger charge is 2.25. The molecule has 1 aromatic rings. The van der Waals surface area contributed by atoms with Crippen LogP contribution in [-0.2, 0) is 0 Å². The maximum Gasteiger partial charge on any atom is 0.143 e. The Balaban J connectivity index is 2.53. The first-order chi connectivity index (χ1) is 6.58. The highest BCUT2D eigenvalue weighted by atomic mass is 35.5. The van der Waals surface area contributed by atoms with E-state index in [1.54, 1.807) is 0 Å². The van der Waals surface area contributed by atoms with Gasteiger partial charge in [-0.3, -0.25) is 0 Å². The predicted molar refractivity (Wildman–Crippen MR) is 53.0 cm³/mol. The van der Waals surface area contributed by atoms with Crippen molar-refractivity contribution in [2.75, 3.05) is 0 Å². The van der Waals surface area contributed by atoms with E-state index in [2.05, 4.69) is 0 Å². The Labute approximate surface area is 86.8 Å². The Bertz CT molecular complexity index is 369. The zero-order valence-electron chi connectivity index (χ0n) is 7.76. The number of nitrogens with two attached hydrogens (primary N) is 1. The molecule has 1 aliphatic rings. The summed E-state index contributed by atoms with van der Waals surface area (Å²) in [7, 11) is 0. The number of halogens is 2. The molecule has 0 spiro atoms. The van der Waals surface area contributed by atoms with E-state index in [9.17, 15) is 4.39 Å². The fraction of sp³-hybridized carbons (Fsp3) is 0.400. The van der Waals surface area contributed by atoms with Gasteiger partial charge in [-0.2, -0.15) is 0 Å². The van der Waals surface area contributed by atoms with Crippen LogP contribution < -0.4 is 10.5 Å². The molecule has 2 rings (SSSR count). The van der Waals surface area contributed by atoms with Gasteiger partial charge in [-0.15, -0.1) is 0 Å². The van der Waals surface area contributed by atoms with Crippen molar-refractivity contribution in [3.63, 3.8) is 0 Å². The van der Waals surface area contributed by atoms with Gasteiger partial charge in [-0.1, -0.05) is 11.6 Å². The highest BCUT2D eigenvalue weighted by Crippen LogP contribution is 2.39. The smallest absolute Gasteiger partial charge is 0.143 e. The van der Waals surface area contributed by atoms with Crippen molar-refractivity contribution in [3.8, 4) is 5.75 Å². The lowest BCUT2D eigenvalue weighted by molar-refractivity contribution is 0.177.